The fraction of sp³-hybridized carbons (Fsp3) is 0.478. The average molecular weight is 493 g/mol. The number of anilines is 2. The molecular weight excluding hydrogens is 464 g/mol. The van der Waals surface area contributed by atoms with Gasteiger partial charge in [-0.25, -0.2) is 14.6 Å². The molecule has 1 aliphatic rings. The smallest absolute Gasteiger partial charge is 0.410 e. The number of aromatic nitrogens is 2. The predicted octanol–water partition coefficient (Wildman–Crippen LogP) is 4.45. The van der Waals surface area contributed by atoms with E-state index in [0.29, 0.717) is 37.4 Å². The molecule has 1 aromatic heterocycles. The van der Waals surface area contributed by atoms with Crippen molar-refractivity contribution in [1.29, 1.82) is 0 Å². The largest absolute Gasteiger partial charge is 0.490 e. The molecule has 1 N–H and O–H groups in total. The molecule has 2 heterocycles. The highest BCUT2D eigenvalue weighted by Crippen LogP contribution is 2.28. The number of piperidine rings is 1. The van der Waals surface area contributed by atoms with E-state index >= 15 is 0 Å². The van der Waals surface area contributed by atoms with Crippen molar-refractivity contribution in [2.75, 3.05) is 32.6 Å². The topological polar surface area (TPSA) is 112 Å². The average Bonchev–Trinajstić information content (AvgIpc) is 2.80. The summed E-state index contributed by atoms with van der Waals surface area (Å²) in [6.07, 6.45) is 1.12. The zero-order chi connectivity index (χ0) is 24.9. The van der Waals surface area contributed by atoms with Crippen molar-refractivity contribution in [2.24, 2.45) is 0 Å². The SMILES string of the molecule is COC(=O)c1nc(Cl)c(OC)nc1Nc1ccc(OC2CCN(C(=O)OC(C)(C)C)CC2)cc1. The number of hydrogen-bond acceptors (Lipinski definition) is 9. The van der Waals surface area contributed by atoms with Gasteiger partial charge in [0.1, 0.15) is 17.5 Å². The van der Waals surface area contributed by atoms with Gasteiger partial charge in [-0.05, 0) is 45.0 Å². The molecule has 1 aromatic carbocycles. The number of nitrogens with zero attached hydrogens (tertiary/aromatic N) is 3. The Kier molecular flexibility index (Phi) is 8.03. The van der Waals surface area contributed by atoms with E-state index in [4.69, 9.17) is 30.5 Å². The van der Waals surface area contributed by atoms with E-state index in [9.17, 15) is 9.59 Å². The van der Waals surface area contributed by atoms with E-state index in [0.717, 1.165) is 0 Å². The molecule has 1 amide bonds. The van der Waals surface area contributed by atoms with E-state index < -0.39 is 11.6 Å². The fourth-order valence-electron chi connectivity index (χ4n) is 3.28. The highest BCUT2D eigenvalue weighted by Gasteiger charge is 2.27. The Morgan fingerprint density at radius 1 is 1.09 bits per heavy atom. The van der Waals surface area contributed by atoms with E-state index in [1.54, 1.807) is 29.2 Å². The third-order valence-corrected chi connectivity index (χ3v) is 5.16. The van der Waals surface area contributed by atoms with Crippen LogP contribution in [0.2, 0.25) is 5.15 Å². The summed E-state index contributed by atoms with van der Waals surface area (Å²) in [5.41, 5.74) is 0.0712. The first-order chi connectivity index (χ1) is 16.1. The van der Waals surface area contributed by atoms with Crippen molar-refractivity contribution in [3.8, 4) is 11.6 Å². The number of methoxy groups -OCH3 is 2. The van der Waals surface area contributed by atoms with Crippen LogP contribution in [0.1, 0.15) is 44.1 Å². The Morgan fingerprint density at radius 2 is 1.74 bits per heavy atom. The van der Waals surface area contributed by atoms with Gasteiger partial charge in [-0.2, -0.15) is 4.98 Å². The van der Waals surface area contributed by atoms with Crippen LogP contribution in [-0.2, 0) is 9.47 Å². The molecule has 2 aromatic rings. The first-order valence-corrected chi connectivity index (χ1v) is 11.2. The minimum absolute atomic E-state index is 0.00480. The summed E-state index contributed by atoms with van der Waals surface area (Å²) >= 11 is 5.99. The maximum Gasteiger partial charge on any atom is 0.410 e. The second-order valence-corrected chi connectivity index (χ2v) is 9.00. The molecule has 1 aliphatic heterocycles. The van der Waals surface area contributed by atoms with Gasteiger partial charge < -0.3 is 29.2 Å². The monoisotopic (exact) mass is 492 g/mol. The number of amides is 1. The summed E-state index contributed by atoms with van der Waals surface area (Å²) in [5, 5.41) is 2.98. The lowest BCUT2D eigenvalue weighted by molar-refractivity contribution is 0.0126. The molecule has 0 radical (unpaired) electrons. The van der Waals surface area contributed by atoms with Crippen LogP contribution in [0.5, 0.6) is 11.6 Å². The number of nitrogens with one attached hydrogen (secondary N) is 1. The predicted molar refractivity (Wildman–Crippen MR) is 126 cm³/mol. The molecular formula is C23H29ClN4O6. The van der Waals surface area contributed by atoms with Crippen molar-refractivity contribution >= 4 is 35.2 Å². The van der Waals surface area contributed by atoms with Crippen LogP contribution in [0.25, 0.3) is 0 Å². The maximum atomic E-state index is 12.2. The minimum Gasteiger partial charge on any atom is -0.490 e. The number of ether oxygens (including phenoxy) is 4. The Morgan fingerprint density at radius 3 is 2.29 bits per heavy atom. The number of hydrogen-bond donors (Lipinski definition) is 1. The van der Waals surface area contributed by atoms with Gasteiger partial charge in [-0.3, -0.25) is 0 Å². The lowest BCUT2D eigenvalue weighted by Gasteiger charge is -2.33. The number of halogens is 1. The van der Waals surface area contributed by atoms with Crippen LogP contribution in [0.3, 0.4) is 0 Å². The van der Waals surface area contributed by atoms with Gasteiger partial charge >= 0.3 is 12.1 Å². The molecule has 0 unspecified atom stereocenters. The van der Waals surface area contributed by atoms with Gasteiger partial charge in [0.05, 0.1) is 14.2 Å². The molecule has 34 heavy (non-hydrogen) atoms. The summed E-state index contributed by atoms with van der Waals surface area (Å²) in [6, 6.07) is 7.19. The first kappa shape index (κ1) is 25.4. The van der Waals surface area contributed by atoms with Crippen molar-refractivity contribution in [1.82, 2.24) is 14.9 Å². The highest BCUT2D eigenvalue weighted by molar-refractivity contribution is 6.30. The molecule has 0 bridgehead atoms. The summed E-state index contributed by atoms with van der Waals surface area (Å²) < 4.78 is 21.4. The fourth-order valence-corrected chi connectivity index (χ4v) is 3.49. The molecule has 3 rings (SSSR count). The van der Waals surface area contributed by atoms with Gasteiger partial charge in [0.2, 0.25) is 0 Å². The van der Waals surface area contributed by atoms with Crippen LogP contribution >= 0.6 is 11.6 Å². The van der Waals surface area contributed by atoms with Crippen LogP contribution in [0, 0.1) is 0 Å². The third kappa shape index (κ3) is 6.63. The van der Waals surface area contributed by atoms with Crippen molar-refractivity contribution in [2.45, 2.75) is 45.3 Å². The van der Waals surface area contributed by atoms with Gasteiger partial charge in [-0.15, -0.1) is 0 Å². The molecule has 1 fully saturated rings. The van der Waals surface area contributed by atoms with Crippen molar-refractivity contribution < 1.29 is 28.5 Å². The minimum atomic E-state index is -0.683. The second-order valence-electron chi connectivity index (χ2n) is 8.65. The second kappa shape index (κ2) is 10.8. The first-order valence-electron chi connectivity index (χ1n) is 10.8. The Hall–Kier alpha value is -3.27. The molecule has 0 aliphatic carbocycles. The number of esters is 1. The zero-order valence-corrected chi connectivity index (χ0v) is 20.6. The molecule has 10 nitrogen and oxygen atoms in total. The molecule has 184 valence electrons. The number of likely N-dealkylation sites (tertiary alicyclic amines) is 1. The standard InChI is InChI=1S/C23H29ClN4O6/c1-23(2,3)34-22(30)28-12-10-16(11-13-28)33-15-8-6-14(7-9-15)25-19-17(21(29)32-5)26-18(24)20(27-19)31-4/h6-9,16H,10-13H2,1-5H3,(H,25,27). The van der Waals surface area contributed by atoms with Gasteiger partial charge in [-0.1, -0.05) is 11.6 Å². The summed E-state index contributed by atoms with van der Waals surface area (Å²) in [7, 11) is 2.65. The number of carbonyl (C=O) groups excluding carboxylic acids is 2. The number of carbonyl (C=O) groups is 2. The van der Waals surface area contributed by atoms with Crippen LogP contribution in [0.4, 0.5) is 16.3 Å². The number of rotatable bonds is 6. The van der Waals surface area contributed by atoms with Crippen molar-refractivity contribution in [3.63, 3.8) is 0 Å². The Bertz CT molecular complexity index is 1020. The molecule has 0 spiro atoms. The molecule has 11 heteroatoms. The Labute approximate surface area is 203 Å². The molecule has 0 atom stereocenters. The summed E-state index contributed by atoms with van der Waals surface area (Å²) in [4.78, 5) is 34.2. The van der Waals surface area contributed by atoms with Crippen LogP contribution in [0.15, 0.2) is 24.3 Å². The normalized spacial score (nSPS) is 14.4. The van der Waals surface area contributed by atoms with Crippen LogP contribution < -0.4 is 14.8 Å². The zero-order valence-electron chi connectivity index (χ0n) is 19.9. The number of benzene rings is 1. The summed E-state index contributed by atoms with van der Waals surface area (Å²) in [5.74, 6) is 0.234. The van der Waals surface area contributed by atoms with E-state index in [1.165, 1.54) is 14.2 Å². The lowest BCUT2D eigenvalue weighted by Crippen LogP contribution is -2.44. The van der Waals surface area contributed by atoms with Gasteiger partial charge in [0, 0.05) is 31.6 Å². The van der Waals surface area contributed by atoms with E-state index in [-0.39, 0.29) is 34.7 Å². The lowest BCUT2D eigenvalue weighted by atomic mass is 10.1. The quantitative estimate of drug-likeness (QED) is 0.584. The summed E-state index contributed by atoms with van der Waals surface area (Å²) in [6.45, 7) is 6.71. The molecule has 0 saturated carbocycles. The Balaban J connectivity index is 1.60. The maximum absolute atomic E-state index is 12.2. The third-order valence-electron chi connectivity index (χ3n) is 4.91. The van der Waals surface area contributed by atoms with Crippen molar-refractivity contribution in [3.05, 3.63) is 35.1 Å². The van der Waals surface area contributed by atoms with Crippen LogP contribution in [-0.4, -0.2) is 65.9 Å². The van der Waals surface area contributed by atoms with E-state index in [2.05, 4.69) is 15.3 Å². The molecule has 1 saturated heterocycles. The van der Waals surface area contributed by atoms with E-state index in [1.807, 2.05) is 20.8 Å². The highest BCUT2D eigenvalue weighted by atomic mass is 35.5. The van der Waals surface area contributed by atoms with Gasteiger partial charge in [0.15, 0.2) is 16.7 Å². The van der Waals surface area contributed by atoms with Gasteiger partial charge in [0.25, 0.3) is 5.88 Å².